The number of benzene rings is 3. The Morgan fingerprint density at radius 1 is 1.03 bits per heavy atom. The molecule has 7 nitrogen and oxygen atoms in total. The first-order chi connectivity index (χ1) is 18.4. The lowest BCUT2D eigenvalue weighted by atomic mass is 10.0. The van der Waals surface area contributed by atoms with Crippen LogP contribution in [0, 0.1) is 17.1 Å². The Balaban J connectivity index is 1.68. The Kier molecular flexibility index (Phi) is 6.74. The normalized spacial score (nSPS) is 10.8. The molecule has 0 atom stereocenters. The van der Waals surface area contributed by atoms with Crippen LogP contribution in [0.1, 0.15) is 16.7 Å². The van der Waals surface area contributed by atoms with Gasteiger partial charge in [0.2, 0.25) is 0 Å². The van der Waals surface area contributed by atoms with Gasteiger partial charge in [-0.05, 0) is 6.07 Å². The van der Waals surface area contributed by atoms with Gasteiger partial charge in [0.1, 0.15) is 17.0 Å². The highest BCUT2D eigenvalue weighted by Crippen LogP contribution is 2.35. The maximum absolute atomic E-state index is 14.9. The van der Waals surface area contributed by atoms with E-state index < -0.39 is 18.2 Å². The van der Waals surface area contributed by atoms with Crippen molar-refractivity contribution in [1.29, 1.82) is 5.26 Å². The molecular formula is C28H19F3N6O. The van der Waals surface area contributed by atoms with Crippen molar-refractivity contribution in [3.63, 3.8) is 0 Å². The van der Waals surface area contributed by atoms with Crippen molar-refractivity contribution < 1.29 is 17.9 Å². The van der Waals surface area contributed by atoms with Crippen LogP contribution in [0.4, 0.5) is 30.5 Å². The molecule has 0 bridgehead atoms. The third kappa shape index (κ3) is 5.03. The Labute approximate surface area is 215 Å². The van der Waals surface area contributed by atoms with Crippen LogP contribution in [0.5, 0.6) is 5.75 Å². The van der Waals surface area contributed by atoms with E-state index >= 15 is 0 Å². The topological polar surface area (TPSA) is 88.1 Å². The van der Waals surface area contributed by atoms with E-state index in [-0.39, 0.29) is 22.9 Å². The standard InChI is InChI=1S/C28H19F3N6O/c1-37-16-33-26-21(37)14-23(34-25-20(29)12-17(15-32)13-22(25)38-28(30)31)35-27(26)36-24(18-8-4-2-5-9-18)19-10-6-3-7-11-19/h2-14,16,28H,1H3,(H,34,35). The fraction of sp³-hybridized carbons (Fsp3) is 0.0714. The number of nitrogens with one attached hydrogen (secondary N) is 1. The van der Waals surface area contributed by atoms with E-state index in [4.69, 9.17) is 10.3 Å². The van der Waals surface area contributed by atoms with E-state index in [0.717, 1.165) is 23.3 Å². The molecule has 5 aromatic rings. The predicted octanol–water partition coefficient (Wildman–Crippen LogP) is 6.49. The molecule has 0 radical (unpaired) electrons. The number of aryl methyl sites for hydroxylation is 1. The molecule has 1 N–H and O–H groups in total. The third-order valence-electron chi connectivity index (χ3n) is 5.66. The largest absolute Gasteiger partial charge is 0.432 e. The van der Waals surface area contributed by atoms with Crippen molar-refractivity contribution >= 4 is 34.1 Å². The Bertz CT molecular complexity index is 1640. The number of anilines is 2. The number of pyridine rings is 1. The Morgan fingerprint density at radius 3 is 2.29 bits per heavy atom. The van der Waals surface area contributed by atoms with Gasteiger partial charge in [-0.2, -0.15) is 14.0 Å². The second-order valence-electron chi connectivity index (χ2n) is 8.19. The lowest BCUT2D eigenvalue weighted by molar-refractivity contribution is -0.0494. The summed E-state index contributed by atoms with van der Waals surface area (Å²) in [4.78, 5) is 13.9. The smallest absolute Gasteiger partial charge is 0.387 e. The number of nitriles is 1. The van der Waals surface area contributed by atoms with Crippen molar-refractivity contribution in [2.75, 3.05) is 5.32 Å². The maximum atomic E-state index is 14.9. The molecule has 38 heavy (non-hydrogen) atoms. The van der Waals surface area contributed by atoms with Gasteiger partial charge < -0.3 is 14.6 Å². The van der Waals surface area contributed by atoms with Crippen molar-refractivity contribution in [3.8, 4) is 11.8 Å². The summed E-state index contributed by atoms with van der Waals surface area (Å²) in [5, 5.41) is 11.9. The predicted molar refractivity (Wildman–Crippen MR) is 138 cm³/mol. The molecular weight excluding hydrogens is 493 g/mol. The zero-order valence-electron chi connectivity index (χ0n) is 19.9. The molecule has 0 spiro atoms. The number of aliphatic imine (C=N–C) groups is 1. The number of nitrogens with zero attached hydrogens (tertiary/aromatic N) is 5. The SMILES string of the molecule is Cn1cnc2c(N=C(c3ccccc3)c3ccccc3)nc(Nc3c(F)cc(C#N)cc3OC(F)F)cc21. The number of imidazole rings is 1. The summed E-state index contributed by atoms with van der Waals surface area (Å²) in [6, 6.07) is 24.3. The minimum absolute atomic E-state index is 0.114. The zero-order chi connectivity index (χ0) is 26.6. The summed E-state index contributed by atoms with van der Waals surface area (Å²) in [5.74, 6) is -1.13. The van der Waals surface area contributed by atoms with Gasteiger partial charge in [0.05, 0.1) is 29.2 Å². The highest BCUT2D eigenvalue weighted by atomic mass is 19.3. The van der Waals surface area contributed by atoms with E-state index in [9.17, 15) is 13.2 Å². The lowest BCUT2D eigenvalue weighted by Crippen LogP contribution is -2.07. The average molecular weight is 512 g/mol. The first kappa shape index (κ1) is 24.5. The molecule has 5 rings (SSSR count). The lowest BCUT2D eigenvalue weighted by Gasteiger charge is -2.14. The number of hydrogen-bond donors (Lipinski definition) is 1. The highest BCUT2D eigenvalue weighted by Gasteiger charge is 2.19. The summed E-state index contributed by atoms with van der Waals surface area (Å²) in [7, 11) is 1.77. The van der Waals surface area contributed by atoms with Crippen molar-refractivity contribution in [1.82, 2.24) is 14.5 Å². The van der Waals surface area contributed by atoms with E-state index in [0.29, 0.717) is 16.7 Å². The van der Waals surface area contributed by atoms with Crippen molar-refractivity contribution in [3.05, 3.63) is 108 Å². The molecule has 0 aliphatic heterocycles. The number of halogens is 3. The molecule has 0 saturated carbocycles. The van der Waals surface area contributed by atoms with Crippen LogP contribution in [0.3, 0.4) is 0 Å². The number of aromatic nitrogens is 3. The van der Waals surface area contributed by atoms with Gasteiger partial charge in [-0.3, -0.25) is 0 Å². The highest BCUT2D eigenvalue weighted by molar-refractivity contribution is 6.14. The molecule has 0 aliphatic carbocycles. The quantitative estimate of drug-likeness (QED) is 0.252. The molecule has 10 heteroatoms. The average Bonchev–Trinajstić information content (AvgIpc) is 3.30. The van der Waals surface area contributed by atoms with Crippen molar-refractivity contribution in [2.45, 2.75) is 6.61 Å². The summed E-state index contributed by atoms with van der Waals surface area (Å²) < 4.78 is 47.2. The Morgan fingerprint density at radius 2 is 1.68 bits per heavy atom. The minimum Gasteiger partial charge on any atom is -0.432 e. The first-order valence-electron chi connectivity index (χ1n) is 11.4. The van der Waals surface area contributed by atoms with Crippen LogP contribution in [0.2, 0.25) is 0 Å². The van der Waals surface area contributed by atoms with E-state index in [2.05, 4.69) is 20.0 Å². The molecule has 0 aliphatic rings. The molecule has 188 valence electrons. The van der Waals surface area contributed by atoms with Gasteiger partial charge in [0, 0.05) is 30.3 Å². The summed E-state index contributed by atoms with van der Waals surface area (Å²) in [6.07, 6.45) is 1.59. The zero-order valence-corrected chi connectivity index (χ0v) is 19.9. The molecule has 0 unspecified atom stereocenters. The molecule has 0 fully saturated rings. The van der Waals surface area contributed by atoms with E-state index in [1.165, 1.54) is 0 Å². The van der Waals surface area contributed by atoms with Crippen LogP contribution < -0.4 is 10.1 Å². The third-order valence-corrected chi connectivity index (χ3v) is 5.66. The van der Waals surface area contributed by atoms with E-state index in [1.807, 2.05) is 60.7 Å². The van der Waals surface area contributed by atoms with Crippen LogP contribution in [-0.4, -0.2) is 26.9 Å². The molecule has 0 amide bonds. The molecule has 2 aromatic heterocycles. The molecule has 3 aromatic carbocycles. The number of hydrogen-bond acceptors (Lipinski definition) is 6. The van der Waals surface area contributed by atoms with Crippen LogP contribution >= 0.6 is 0 Å². The Hall–Kier alpha value is -5.17. The van der Waals surface area contributed by atoms with Gasteiger partial charge in [-0.1, -0.05) is 60.7 Å². The summed E-state index contributed by atoms with van der Waals surface area (Å²) >= 11 is 0. The summed E-state index contributed by atoms with van der Waals surface area (Å²) in [6.45, 7) is -3.23. The second kappa shape index (κ2) is 10.4. The molecule has 0 saturated heterocycles. The number of alkyl halides is 2. The van der Waals surface area contributed by atoms with Gasteiger partial charge in [0.25, 0.3) is 0 Å². The van der Waals surface area contributed by atoms with Crippen LogP contribution in [0.25, 0.3) is 11.0 Å². The number of ether oxygens (including phenoxy) is 1. The van der Waals surface area contributed by atoms with Crippen LogP contribution in [0.15, 0.2) is 90.2 Å². The van der Waals surface area contributed by atoms with Gasteiger partial charge >= 0.3 is 6.61 Å². The van der Waals surface area contributed by atoms with Gasteiger partial charge in [-0.25, -0.2) is 19.4 Å². The number of rotatable bonds is 7. The minimum atomic E-state index is -3.23. The fourth-order valence-electron chi connectivity index (χ4n) is 3.93. The van der Waals surface area contributed by atoms with Gasteiger partial charge in [0.15, 0.2) is 17.4 Å². The maximum Gasteiger partial charge on any atom is 0.387 e. The first-order valence-corrected chi connectivity index (χ1v) is 11.4. The number of fused-ring (bicyclic) bond motifs is 1. The van der Waals surface area contributed by atoms with Crippen LogP contribution in [-0.2, 0) is 7.05 Å². The van der Waals surface area contributed by atoms with E-state index in [1.54, 1.807) is 30.1 Å². The second-order valence-corrected chi connectivity index (χ2v) is 8.19. The summed E-state index contributed by atoms with van der Waals surface area (Å²) in [5.41, 5.74) is 2.87. The fourth-order valence-corrected chi connectivity index (χ4v) is 3.93. The molecule has 2 heterocycles. The van der Waals surface area contributed by atoms with Crippen molar-refractivity contribution in [2.24, 2.45) is 12.0 Å². The monoisotopic (exact) mass is 512 g/mol. The van der Waals surface area contributed by atoms with Gasteiger partial charge in [-0.15, -0.1) is 0 Å².